The van der Waals surface area contributed by atoms with Crippen LogP contribution in [0.3, 0.4) is 0 Å². The van der Waals surface area contributed by atoms with E-state index in [0.29, 0.717) is 11.3 Å². The van der Waals surface area contributed by atoms with E-state index in [0.717, 1.165) is 6.08 Å². The molecule has 0 heterocycles. The molecule has 2 aromatic carbocycles. The summed E-state index contributed by atoms with van der Waals surface area (Å²) in [5, 5.41) is 11.6. The number of ether oxygens (including phenoxy) is 2. The van der Waals surface area contributed by atoms with Crippen molar-refractivity contribution in [2.75, 3.05) is 11.9 Å². The van der Waals surface area contributed by atoms with E-state index in [4.69, 9.17) is 9.84 Å². The Labute approximate surface area is 147 Å². The van der Waals surface area contributed by atoms with Crippen molar-refractivity contribution < 1.29 is 33.0 Å². The van der Waals surface area contributed by atoms with Gasteiger partial charge in [-0.25, -0.2) is 4.79 Å². The maximum atomic E-state index is 12.0. The lowest BCUT2D eigenvalue weighted by atomic mass is 10.2. The van der Waals surface area contributed by atoms with Gasteiger partial charge in [0, 0.05) is 11.8 Å². The lowest BCUT2D eigenvalue weighted by molar-refractivity contribution is -0.142. The average molecular weight is 363 g/mol. The van der Waals surface area contributed by atoms with Crippen molar-refractivity contribution >= 4 is 23.6 Å². The molecule has 2 rings (SSSR count). The van der Waals surface area contributed by atoms with Crippen molar-refractivity contribution in [3.8, 4) is 11.5 Å². The molecule has 2 N–H and O–H groups in total. The van der Waals surface area contributed by atoms with Crippen LogP contribution in [0.25, 0.3) is 6.08 Å². The fraction of sp³-hybridized carbons (Fsp3) is 0.111. The monoisotopic (exact) mass is 363 g/mol. The molecule has 0 aromatic heterocycles. The van der Waals surface area contributed by atoms with Crippen LogP contribution >= 0.6 is 0 Å². The molecule has 0 aliphatic heterocycles. The summed E-state index contributed by atoms with van der Waals surface area (Å²) in [7, 11) is 0. The van der Waals surface area contributed by atoms with Gasteiger partial charge in [-0.05, 0) is 48.0 Å². The summed E-state index contributed by atoms with van der Waals surface area (Å²) in [5.74, 6) is -1.20. The third-order valence-corrected chi connectivity index (χ3v) is 3.01. The molecular formula is C18H15F2NO5. The standard InChI is InChI=1S/C18H15F2NO5/c19-18(20)26-15-8-1-12(2-9-15)3-10-17(24)25-11-16(23)21-13-4-6-14(22)7-5-13/h1-10,18,22H,11H2,(H,21,23)/b10-3+. The number of aromatic hydroxyl groups is 1. The number of alkyl halides is 2. The van der Waals surface area contributed by atoms with Crippen LogP contribution in [0.5, 0.6) is 11.5 Å². The predicted octanol–water partition coefficient (Wildman–Crippen LogP) is 3.19. The number of carbonyl (C=O) groups excluding carboxylic acids is 2. The summed E-state index contributed by atoms with van der Waals surface area (Å²) in [6.07, 6.45) is 2.52. The fourth-order valence-corrected chi connectivity index (χ4v) is 1.85. The second kappa shape index (κ2) is 9.16. The number of halogens is 2. The molecule has 0 saturated heterocycles. The summed E-state index contributed by atoms with van der Waals surface area (Å²) in [6, 6.07) is 11.4. The average Bonchev–Trinajstić information content (AvgIpc) is 2.61. The van der Waals surface area contributed by atoms with Crippen LogP contribution in [0.2, 0.25) is 0 Å². The molecule has 136 valence electrons. The Kier molecular flexibility index (Phi) is 6.67. The van der Waals surface area contributed by atoms with Gasteiger partial charge in [0.2, 0.25) is 0 Å². The number of phenols is 1. The minimum absolute atomic E-state index is 0.00521. The van der Waals surface area contributed by atoms with Crippen molar-refractivity contribution in [2.45, 2.75) is 6.61 Å². The van der Waals surface area contributed by atoms with E-state index in [-0.39, 0.29) is 11.5 Å². The van der Waals surface area contributed by atoms with Crippen LogP contribution in [-0.2, 0) is 14.3 Å². The molecule has 0 saturated carbocycles. The summed E-state index contributed by atoms with van der Waals surface area (Å²) < 4.78 is 33.1. The van der Waals surface area contributed by atoms with Gasteiger partial charge in [0.15, 0.2) is 6.61 Å². The largest absolute Gasteiger partial charge is 0.508 e. The molecule has 0 radical (unpaired) electrons. The molecule has 0 aliphatic carbocycles. The minimum Gasteiger partial charge on any atom is -0.508 e. The summed E-state index contributed by atoms with van der Waals surface area (Å²) in [4.78, 5) is 23.2. The van der Waals surface area contributed by atoms with E-state index >= 15 is 0 Å². The highest BCUT2D eigenvalue weighted by Crippen LogP contribution is 2.16. The van der Waals surface area contributed by atoms with Gasteiger partial charge in [0.1, 0.15) is 11.5 Å². The first-order chi connectivity index (χ1) is 12.4. The first kappa shape index (κ1) is 18.9. The highest BCUT2D eigenvalue weighted by molar-refractivity contribution is 5.94. The molecule has 0 spiro atoms. The van der Waals surface area contributed by atoms with Gasteiger partial charge in [-0.3, -0.25) is 4.79 Å². The molecule has 2 aromatic rings. The molecule has 26 heavy (non-hydrogen) atoms. The molecule has 0 bridgehead atoms. The van der Waals surface area contributed by atoms with Gasteiger partial charge >= 0.3 is 12.6 Å². The van der Waals surface area contributed by atoms with Crippen molar-refractivity contribution in [3.05, 3.63) is 60.2 Å². The lowest BCUT2D eigenvalue weighted by Crippen LogP contribution is -2.20. The van der Waals surface area contributed by atoms with Gasteiger partial charge < -0.3 is 19.9 Å². The van der Waals surface area contributed by atoms with Crippen molar-refractivity contribution in [3.63, 3.8) is 0 Å². The van der Waals surface area contributed by atoms with Gasteiger partial charge in [-0.1, -0.05) is 12.1 Å². The number of anilines is 1. The van der Waals surface area contributed by atoms with Gasteiger partial charge in [0.25, 0.3) is 5.91 Å². The summed E-state index contributed by atoms with van der Waals surface area (Å²) >= 11 is 0. The minimum atomic E-state index is -2.90. The van der Waals surface area contributed by atoms with Crippen LogP contribution in [0.15, 0.2) is 54.6 Å². The SMILES string of the molecule is O=C(COC(=O)/C=C/c1ccc(OC(F)F)cc1)Nc1ccc(O)cc1. The van der Waals surface area contributed by atoms with Gasteiger partial charge in [-0.2, -0.15) is 8.78 Å². The number of benzene rings is 2. The molecule has 0 unspecified atom stereocenters. The Morgan fingerprint density at radius 2 is 1.73 bits per heavy atom. The first-order valence-electron chi connectivity index (χ1n) is 7.41. The van der Waals surface area contributed by atoms with Crippen molar-refractivity contribution in [1.82, 2.24) is 0 Å². The zero-order valence-electron chi connectivity index (χ0n) is 13.4. The van der Waals surface area contributed by atoms with E-state index < -0.39 is 25.1 Å². The topological polar surface area (TPSA) is 84.9 Å². The van der Waals surface area contributed by atoms with Crippen LogP contribution in [-0.4, -0.2) is 30.2 Å². The number of rotatable bonds is 7. The molecule has 8 heteroatoms. The second-order valence-electron chi connectivity index (χ2n) is 4.98. The maximum Gasteiger partial charge on any atom is 0.387 e. The van der Waals surface area contributed by atoms with E-state index in [1.807, 2.05) is 0 Å². The third-order valence-electron chi connectivity index (χ3n) is 3.01. The molecule has 0 fully saturated rings. The Balaban J connectivity index is 1.77. The number of nitrogens with one attached hydrogen (secondary N) is 1. The van der Waals surface area contributed by atoms with Crippen LogP contribution in [0.1, 0.15) is 5.56 Å². The quantitative estimate of drug-likeness (QED) is 0.448. The molecule has 0 atom stereocenters. The predicted molar refractivity (Wildman–Crippen MR) is 89.8 cm³/mol. The molecule has 1 amide bonds. The zero-order chi connectivity index (χ0) is 18.9. The molecule has 0 aliphatic rings. The van der Waals surface area contributed by atoms with Crippen molar-refractivity contribution in [2.24, 2.45) is 0 Å². The number of phenolic OH excluding ortho intramolecular Hbond substituents is 1. The lowest BCUT2D eigenvalue weighted by Gasteiger charge is -2.05. The Morgan fingerprint density at radius 3 is 2.35 bits per heavy atom. The van der Waals surface area contributed by atoms with E-state index in [1.54, 1.807) is 0 Å². The summed E-state index contributed by atoms with van der Waals surface area (Å²) in [5.41, 5.74) is 1.02. The van der Waals surface area contributed by atoms with E-state index in [9.17, 15) is 18.4 Å². The van der Waals surface area contributed by atoms with E-state index in [2.05, 4.69) is 10.1 Å². The highest BCUT2D eigenvalue weighted by Gasteiger charge is 2.06. The Bertz CT molecular complexity index is 773. The van der Waals surface area contributed by atoms with Gasteiger partial charge in [0.05, 0.1) is 0 Å². The van der Waals surface area contributed by atoms with Gasteiger partial charge in [-0.15, -0.1) is 0 Å². The first-order valence-corrected chi connectivity index (χ1v) is 7.41. The van der Waals surface area contributed by atoms with E-state index in [1.165, 1.54) is 54.6 Å². The second-order valence-corrected chi connectivity index (χ2v) is 4.98. The number of hydrogen-bond donors (Lipinski definition) is 2. The Morgan fingerprint density at radius 1 is 1.08 bits per heavy atom. The van der Waals surface area contributed by atoms with Crippen LogP contribution < -0.4 is 10.1 Å². The van der Waals surface area contributed by atoms with Crippen molar-refractivity contribution in [1.29, 1.82) is 0 Å². The fourth-order valence-electron chi connectivity index (χ4n) is 1.85. The molecule has 6 nitrogen and oxygen atoms in total. The number of hydrogen-bond acceptors (Lipinski definition) is 5. The maximum absolute atomic E-state index is 12.0. The highest BCUT2D eigenvalue weighted by atomic mass is 19.3. The van der Waals surface area contributed by atoms with Crippen LogP contribution in [0.4, 0.5) is 14.5 Å². The Hall–Kier alpha value is -3.42. The zero-order valence-corrected chi connectivity index (χ0v) is 13.4. The number of amides is 1. The third kappa shape index (κ3) is 6.60. The molecular weight excluding hydrogens is 348 g/mol. The number of esters is 1. The smallest absolute Gasteiger partial charge is 0.387 e. The van der Waals surface area contributed by atoms with Crippen LogP contribution in [0, 0.1) is 0 Å². The summed E-state index contributed by atoms with van der Waals surface area (Å²) in [6.45, 7) is -3.38. The number of carbonyl (C=O) groups is 2. The normalized spacial score (nSPS) is 10.7.